The summed E-state index contributed by atoms with van der Waals surface area (Å²) in [6.07, 6.45) is 0.866. The SMILES string of the molecule is CCc1ccc(O)c(-c2nnc(N)n2-c2cccc3ccccc23)c1. The molecule has 25 heavy (non-hydrogen) atoms. The second-order valence-corrected chi connectivity index (χ2v) is 5.92. The minimum Gasteiger partial charge on any atom is -0.507 e. The van der Waals surface area contributed by atoms with Crippen LogP contribution in [0.25, 0.3) is 27.8 Å². The van der Waals surface area contributed by atoms with Crippen LogP contribution in [-0.2, 0) is 6.42 Å². The quantitative estimate of drug-likeness (QED) is 0.596. The van der Waals surface area contributed by atoms with Gasteiger partial charge in [0.05, 0.1) is 11.3 Å². The van der Waals surface area contributed by atoms with E-state index in [1.165, 1.54) is 0 Å². The van der Waals surface area contributed by atoms with Gasteiger partial charge < -0.3 is 10.8 Å². The number of phenols is 1. The van der Waals surface area contributed by atoms with Gasteiger partial charge in [-0.25, -0.2) is 0 Å². The number of hydrogen-bond donors (Lipinski definition) is 2. The number of anilines is 1. The van der Waals surface area contributed by atoms with Crippen molar-refractivity contribution in [1.29, 1.82) is 0 Å². The molecule has 3 aromatic carbocycles. The van der Waals surface area contributed by atoms with Crippen LogP contribution in [0, 0.1) is 0 Å². The molecule has 0 aliphatic carbocycles. The zero-order valence-corrected chi connectivity index (χ0v) is 13.8. The van der Waals surface area contributed by atoms with Crippen LogP contribution in [0.15, 0.2) is 60.7 Å². The van der Waals surface area contributed by atoms with Crippen molar-refractivity contribution in [2.24, 2.45) is 0 Å². The monoisotopic (exact) mass is 330 g/mol. The summed E-state index contributed by atoms with van der Waals surface area (Å²) < 4.78 is 1.79. The molecule has 0 amide bonds. The fraction of sp³-hybridized carbons (Fsp3) is 0.100. The van der Waals surface area contributed by atoms with Gasteiger partial charge in [0.25, 0.3) is 0 Å². The minimum absolute atomic E-state index is 0.158. The number of aromatic nitrogens is 3. The standard InChI is InChI=1S/C20H18N4O/c1-2-13-10-11-18(25)16(12-13)19-22-23-20(21)24(19)17-9-5-7-14-6-3-4-8-15(14)17/h3-12,25H,2H2,1H3,(H2,21,23). The predicted octanol–water partition coefficient (Wildman–Crippen LogP) is 3.94. The number of hydrogen-bond acceptors (Lipinski definition) is 4. The molecule has 1 heterocycles. The first-order chi connectivity index (χ1) is 12.2. The van der Waals surface area contributed by atoms with Crippen molar-refractivity contribution in [2.75, 3.05) is 5.73 Å². The van der Waals surface area contributed by atoms with Crippen LogP contribution < -0.4 is 5.73 Å². The minimum atomic E-state index is 0.158. The van der Waals surface area contributed by atoms with E-state index in [2.05, 4.69) is 17.1 Å². The van der Waals surface area contributed by atoms with Gasteiger partial charge in [-0.15, -0.1) is 10.2 Å². The second kappa shape index (κ2) is 5.94. The van der Waals surface area contributed by atoms with Gasteiger partial charge in [0.15, 0.2) is 5.82 Å². The van der Waals surface area contributed by atoms with E-state index in [9.17, 15) is 5.11 Å². The maximum Gasteiger partial charge on any atom is 0.226 e. The molecule has 3 N–H and O–H groups in total. The van der Waals surface area contributed by atoms with E-state index >= 15 is 0 Å². The zero-order chi connectivity index (χ0) is 17.4. The molecule has 0 atom stereocenters. The molecule has 5 heteroatoms. The number of phenolic OH excluding ortho intramolecular Hbond substituents is 1. The summed E-state index contributed by atoms with van der Waals surface area (Å²) in [5.41, 5.74) is 8.75. The average molecular weight is 330 g/mol. The number of aryl methyl sites for hydroxylation is 1. The molecule has 4 aromatic rings. The van der Waals surface area contributed by atoms with Crippen LogP contribution >= 0.6 is 0 Å². The Morgan fingerprint density at radius 2 is 1.80 bits per heavy atom. The molecule has 0 aliphatic heterocycles. The fourth-order valence-corrected chi connectivity index (χ4v) is 3.09. The molecule has 0 fully saturated rings. The molecule has 0 aliphatic rings. The van der Waals surface area contributed by atoms with Crippen molar-refractivity contribution in [3.05, 3.63) is 66.2 Å². The first-order valence-electron chi connectivity index (χ1n) is 8.20. The van der Waals surface area contributed by atoms with Crippen LogP contribution in [0.2, 0.25) is 0 Å². The lowest BCUT2D eigenvalue weighted by molar-refractivity contribution is 0.476. The summed E-state index contributed by atoms with van der Waals surface area (Å²) in [5.74, 6) is 0.973. The summed E-state index contributed by atoms with van der Waals surface area (Å²) in [6, 6.07) is 19.6. The van der Waals surface area contributed by atoms with E-state index in [1.54, 1.807) is 10.6 Å². The van der Waals surface area contributed by atoms with Gasteiger partial charge in [0, 0.05) is 5.39 Å². The lowest BCUT2D eigenvalue weighted by Gasteiger charge is -2.13. The van der Waals surface area contributed by atoms with Gasteiger partial charge in [0.1, 0.15) is 5.75 Å². The van der Waals surface area contributed by atoms with Crippen LogP contribution in [0.4, 0.5) is 5.95 Å². The van der Waals surface area contributed by atoms with E-state index < -0.39 is 0 Å². The van der Waals surface area contributed by atoms with Crippen molar-refractivity contribution in [3.63, 3.8) is 0 Å². The molecule has 124 valence electrons. The van der Waals surface area contributed by atoms with Crippen molar-refractivity contribution in [3.8, 4) is 22.8 Å². The molecular weight excluding hydrogens is 312 g/mol. The van der Waals surface area contributed by atoms with Crippen molar-refractivity contribution in [2.45, 2.75) is 13.3 Å². The van der Waals surface area contributed by atoms with Crippen LogP contribution in [0.5, 0.6) is 5.75 Å². The number of nitrogens with two attached hydrogens (primary N) is 1. The van der Waals surface area contributed by atoms with E-state index in [0.717, 1.165) is 28.4 Å². The summed E-state index contributed by atoms with van der Waals surface area (Å²) in [4.78, 5) is 0. The maximum atomic E-state index is 10.4. The Bertz CT molecular complexity index is 1060. The van der Waals surface area contributed by atoms with Crippen LogP contribution in [-0.4, -0.2) is 19.9 Å². The number of benzene rings is 3. The molecule has 0 saturated heterocycles. The van der Waals surface area contributed by atoms with Crippen LogP contribution in [0.1, 0.15) is 12.5 Å². The highest BCUT2D eigenvalue weighted by molar-refractivity contribution is 5.91. The highest BCUT2D eigenvalue weighted by atomic mass is 16.3. The van der Waals surface area contributed by atoms with Gasteiger partial charge in [-0.3, -0.25) is 4.57 Å². The van der Waals surface area contributed by atoms with Gasteiger partial charge in [-0.2, -0.15) is 0 Å². The Balaban J connectivity index is 2.01. The average Bonchev–Trinajstić information content (AvgIpc) is 3.03. The number of nitrogens with zero attached hydrogens (tertiary/aromatic N) is 3. The summed E-state index contributed by atoms with van der Waals surface area (Å²) in [5, 5.41) is 20.8. The summed E-state index contributed by atoms with van der Waals surface area (Å²) in [6.45, 7) is 2.07. The second-order valence-electron chi connectivity index (χ2n) is 5.92. The van der Waals surface area contributed by atoms with Crippen molar-refractivity contribution < 1.29 is 5.11 Å². The predicted molar refractivity (Wildman–Crippen MR) is 99.8 cm³/mol. The van der Waals surface area contributed by atoms with Crippen molar-refractivity contribution in [1.82, 2.24) is 14.8 Å². The highest BCUT2D eigenvalue weighted by Gasteiger charge is 2.18. The molecule has 0 unspecified atom stereocenters. The Hall–Kier alpha value is -3.34. The Morgan fingerprint density at radius 1 is 1.00 bits per heavy atom. The number of nitrogen functional groups attached to an aromatic ring is 1. The Labute approximate surface area is 145 Å². The largest absolute Gasteiger partial charge is 0.507 e. The topological polar surface area (TPSA) is 77.0 Å². The Morgan fingerprint density at radius 3 is 2.64 bits per heavy atom. The van der Waals surface area contributed by atoms with Gasteiger partial charge >= 0.3 is 0 Å². The molecule has 0 saturated carbocycles. The van der Waals surface area contributed by atoms with E-state index in [0.29, 0.717) is 11.4 Å². The van der Waals surface area contributed by atoms with E-state index in [-0.39, 0.29) is 11.7 Å². The third kappa shape index (κ3) is 2.50. The van der Waals surface area contributed by atoms with Crippen LogP contribution in [0.3, 0.4) is 0 Å². The van der Waals surface area contributed by atoms with E-state index in [1.807, 2.05) is 54.6 Å². The maximum absolute atomic E-state index is 10.4. The molecule has 0 bridgehead atoms. The molecule has 4 rings (SSSR count). The first kappa shape index (κ1) is 15.2. The lowest BCUT2D eigenvalue weighted by atomic mass is 10.1. The summed E-state index contributed by atoms with van der Waals surface area (Å²) in [7, 11) is 0. The smallest absolute Gasteiger partial charge is 0.226 e. The van der Waals surface area contributed by atoms with Gasteiger partial charge in [-0.05, 0) is 35.6 Å². The third-order valence-corrected chi connectivity index (χ3v) is 4.41. The molecule has 0 spiro atoms. The third-order valence-electron chi connectivity index (χ3n) is 4.41. The molecule has 5 nitrogen and oxygen atoms in total. The number of fused-ring (bicyclic) bond motifs is 1. The zero-order valence-electron chi connectivity index (χ0n) is 13.8. The lowest BCUT2D eigenvalue weighted by Crippen LogP contribution is -2.03. The first-order valence-corrected chi connectivity index (χ1v) is 8.20. The van der Waals surface area contributed by atoms with Crippen molar-refractivity contribution >= 4 is 16.7 Å². The molecule has 0 radical (unpaired) electrons. The Kier molecular flexibility index (Phi) is 3.61. The van der Waals surface area contributed by atoms with Gasteiger partial charge in [0.2, 0.25) is 5.95 Å². The normalized spacial score (nSPS) is 11.1. The summed E-state index contributed by atoms with van der Waals surface area (Å²) >= 11 is 0. The molecule has 1 aromatic heterocycles. The fourth-order valence-electron chi connectivity index (χ4n) is 3.09. The highest BCUT2D eigenvalue weighted by Crippen LogP contribution is 2.33. The van der Waals surface area contributed by atoms with E-state index in [4.69, 9.17) is 5.73 Å². The number of rotatable bonds is 3. The molecular formula is C20H18N4O. The number of aromatic hydroxyl groups is 1. The van der Waals surface area contributed by atoms with Gasteiger partial charge in [-0.1, -0.05) is 49.4 Å².